The number of benzene rings is 1. The summed E-state index contributed by atoms with van der Waals surface area (Å²) in [5, 5.41) is 10.1. The van der Waals surface area contributed by atoms with Crippen LogP contribution in [0.2, 0.25) is 0 Å². The first-order valence-corrected chi connectivity index (χ1v) is 14.1. The third kappa shape index (κ3) is 4.83. The van der Waals surface area contributed by atoms with Crippen LogP contribution in [0.15, 0.2) is 23.2 Å². The molecule has 1 saturated carbocycles. The van der Waals surface area contributed by atoms with E-state index in [0.717, 1.165) is 69.1 Å². The number of halogens is 2. The maximum atomic E-state index is 15.2. The van der Waals surface area contributed by atoms with E-state index in [1.54, 1.807) is 10.9 Å². The summed E-state index contributed by atoms with van der Waals surface area (Å²) in [6.45, 7) is 7.36. The molecule has 1 aliphatic heterocycles. The number of hydrogen-bond acceptors (Lipinski definition) is 7. The van der Waals surface area contributed by atoms with Crippen molar-refractivity contribution in [2.45, 2.75) is 62.4 Å². The van der Waals surface area contributed by atoms with Crippen LogP contribution in [0.5, 0.6) is 0 Å². The Hall–Kier alpha value is -2.67. The number of sulfonamides is 1. The Morgan fingerprint density at radius 2 is 1.76 bits per heavy atom. The van der Waals surface area contributed by atoms with Crippen LogP contribution in [0.4, 0.5) is 14.6 Å². The summed E-state index contributed by atoms with van der Waals surface area (Å²) in [5.74, 6) is -1.74. The molecule has 0 bridgehead atoms. The molecule has 1 aliphatic carbocycles. The Morgan fingerprint density at radius 3 is 2.38 bits per heavy atom. The van der Waals surface area contributed by atoms with Crippen LogP contribution in [0.25, 0.3) is 22.2 Å². The molecule has 9 nitrogen and oxygen atoms in total. The van der Waals surface area contributed by atoms with Gasteiger partial charge in [-0.1, -0.05) is 0 Å². The Bertz CT molecular complexity index is 1430. The summed E-state index contributed by atoms with van der Waals surface area (Å²) in [4.78, 5) is 6.02. The molecule has 4 N–H and O–H groups in total. The lowest BCUT2D eigenvalue weighted by Crippen LogP contribution is -2.44. The van der Waals surface area contributed by atoms with E-state index in [0.29, 0.717) is 17.5 Å². The van der Waals surface area contributed by atoms with Crippen LogP contribution in [-0.4, -0.2) is 60.4 Å². The Kier molecular flexibility index (Phi) is 6.94. The summed E-state index contributed by atoms with van der Waals surface area (Å²) < 4.78 is 60.5. The highest BCUT2D eigenvalue weighted by Crippen LogP contribution is 2.42. The fraction of sp³-hybridized carbons (Fsp3) is 0.520. The molecule has 2 aromatic heterocycles. The number of nitrogens with two attached hydrogens (primary N) is 2. The summed E-state index contributed by atoms with van der Waals surface area (Å²) >= 11 is 0. The molecule has 2 aliphatic rings. The van der Waals surface area contributed by atoms with E-state index in [2.05, 4.69) is 15.0 Å². The molecule has 2 fully saturated rings. The van der Waals surface area contributed by atoms with Gasteiger partial charge >= 0.3 is 0 Å². The van der Waals surface area contributed by atoms with Crippen molar-refractivity contribution in [2.24, 2.45) is 5.14 Å². The van der Waals surface area contributed by atoms with Crippen molar-refractivity contribution in [1.82, 2.24) is 19.7 Å². The molecule has 0 amide bonds. The Morgan fingerprint density at radius 1 is 1.08 bits per heavy atom. The number of nitrogens with zero attached hydrogens (tertiary/aromatic N) is 4. The first kappa shape index (κ1) is 26.0. The van der Waals surface area contributed by atoms with Crippen molar-refractivity contribution in [2.75, 3.05) is 32.0 Å². The van der Waals surface area contributed by atoms with Crippen molar-refractivity contribution in [1.29, 1.82) is 0 Å². The van der Waals surface area contributed by atoms with Gasteiger partial charge in [-0.05, 0) is 63.1 Å². The van der Waals surface area contributed by atoms with E-state index in [9.17, 15) is 12.8 Å². The molecule has 0 radical (unpaired) electrons. The number of aromatic nitrogens is 3. The second-order valence-corrected chi connectivity index (χ2v) is 11.7. The van der Waals surface area contributed by atoms with Gasteiger partial charge < -0.3 is 10.5 Å². The summed E-state index contributed by atoms with van der Waals surface area (Å²) in [5.41, 5.74) is 7.96. The third-order valence-electron chi connectivity index (χ3n) is 7.55. The van der Waals surface area contributed by atoms with Crippen LogP contribution in [0.1, 0.15) is 57.1 Å². The normalized spacial score (nSPS) is 21.7. The topological polar surface area (TPSA) is 129 Å². The lowest BCUT2D eigenvalue weighted by Gasteiger charge is -2.39. The van der Waals surface area contributed by atoms with Crippen molar-refractivity contribution in [3.05, 3.63) is 35.5 Å². The van der Waals surface area contributed by atoms with Crippen molar-refractivity contribution >= 4 is 26.7 Å². The first-order chi connectivity index (χ1) is 17.6. The highest BCUT2D eigenvalue weighted by molar-refractivity contribution is 7.89. The lowest BCUT2D eigenvalue weighted by atomic mass is 9.81. The second-order valence-electron chi connectivity index (χ2n) is 10.2. The van der Waals surface area contributed by atoms with Gasteiger partial charge in [0.25, 0.3) is 0 Å². The van der Waals surface area contributed by atoms with E-state index in [1.807, 2.05) is 13.8 Å². The molecule has 37 heavy (non-hydrogen) atoms. The van der Waals surface area contributed by atoms with Gasteiger partial charge in [-0.3, -0.25) is 9.58 Å². The summed E-state index contributed by atoms with van der Waals surface area (Å²) in [6.07, 6.45) is 5.81. The quantitative estimate of drug-likeness (QED) is 0.512. The van der Waals surface area contributed by atoms with Crippen LogP contribution in [0, 0.1) is 11.6 Å². The van der Waals surface area contributed by atoms with Gasteiger partial charge in [0.1, 0.15) is 28.0 Å². The number of morpholine rings is 1. The molecule has 5 rings (SSSR count). The summed E-state index contributed by atoms with van der Waals surface area (Å²) in [7, 11) is -4.44. The number of rotatable bonds is 5. The predicted molar refractivity (Wildman–Crippen MR) is 136 cm³/mol. The fourth-order valence-electron chi connectivity index (χ4n) is 5.70. The number of pyridine rings is 1. The Labute approximate surface area is 214 Å². The van der Waals surface area contributed by atoms with Crippen LogP contribution >= 0.6 is 0 Å². The maximum absolute atomic E-state index is 15.2. The van der Waals surface area contributed by atoms with Gasteiger partial charge in [0.2, 0.25) is 10.0 Å². The standard InChI is InChI=1S/C25H32F2N6O3S/c1-14(2)33-24-18(15-3-5-16(6-4-15)32-7-9-36-10-8-32)13-30-25(28)22(24)23(31-33)17-11-20(27)21(12-19(17)26)37(29,34)35/h11-16H,3-10H2,1-2H3,(H2,28,30)(H2,29,34,35). The van der Waals surface area contributed by atoms with Gasteiger partial charge in [-0.15, -0.1) is 0 Å². The number of primary sulfonamides is 1. The highest BCUT2D eigenvalue weighted by atomic mass is 32.2. The summed E-state index contributed by atoms with van der Waals surface area (Å²) in [6, 6.07) is 1.82. The van der Waals surface area contributed by atoms with Crippen LogP contribution < -0.4 is 10.9 Å². The van der Waals surface area contributed by atoms with E-state index < -0.39 is 26.6 Å². The molecule has 1 aromatic carbocycles. The number of hydrogen-bond donors (Lipinski definition) is 2. The van der Waals surface area contributed by atoms with Crippen molar-refractivity contribution < 1.29 is 21.9 Å². The molecular weight excluding hydrogens is 502 g/mol. The Balaban J connectivity index is 1.58. The monoisotopic (exact) mass is 534 g/mol. The largest absolute Gasteiger partial charge is 0.383 e. The van der Waals surface area contributed by atoms with Gasteiger partial charge in [0, 0.05) is 36.9 Å². The van der Waals surface area contributed by atoms with Gasteiger partial charge in [-0.25, -0.2) is 27.3 Å². The molecule has 0 atom stereocenters. The van der Waals surface area contributed by atoms with E-state index in [4.69, 9.17) is 15.6 Å². The van der Waals surface area contributed by atoms with Crippen molar-refractivity contribution in [3.63, 3.8) is 0 Å². The maximum Gasteiger partial charge on any atom is 0.241 e. The minimum atomic E-state index is -4.44. The molecule has 3 aromatic rings. The second kappa shape index (κ2) is 9.90. The van der Waals surface area contributed by atoms with E-state index in [-0.39, 0.29) is 29.0 Å². The zero-order valence-corrected chi connectivity index (χ0v) is 21.8. The number of fused-ring (bicyclic) bond motifs is 1. The average molecular weight is 535 g/mol. The van der Waals surface area contributed by atoms with E-state index in [1.165, 1.54) is 0 Å². The average Bonchev–Trinajstić information content (AvgIpc) is 3.27. The van der Waals surface area contributed by atoms with Gasteiger partial charge in [0.05, 0.1) is 24.1 Å². The van der Waals surface area contributed by atoms with Crippen LogP contribution in [0.3, 0.4) is 0 Å². The smallest absolute Gasteiger partial charge is 0.241 e. The lowest BCUT2D eigenvalue weighted by molar-refractivity contribution is 0.00731. The van der Waals surface area contributed by atoms with Crippen LogP contribution in [-0.2, 0) is 14.8 Å². The third-order valence-corrected chi connectivity index (χ3v) is 8.48. The number of anilines is 1. The zero-order valence-electron chi connectivity index (χ0n) is 21.0. The van der Waals surface area contributed by atoms with Gasteiger partial charge in [0.15, 0.2) is 0 Å². The molecule has 200 valence electrons. The SMILES string of the molecule is CC(C)n1nc(-c2cc(F)c(S(N)(=O)=O)cc2F)c2c(N)ncc(C3CCC(N4CCOCC4)CC3)c21. The minimum absolute atomic E-state index is 0.0990. The van der Waals surface area contributed by atoms with Gasteiger partial charge in [-0.2, -0.15) is 5.10 Å². The predicted octanol–water partition coefficient (Wildman–Crippen LogP) is 3.55. The van der Waals surface area contributed by atoms with Crippen molar-refractivity contribution in [3.8, 4) is 11.3 Å². The first-order valence-electron chi connectivity index (χ1n) is 12.6. The van der Waals surface area contributed by atoms with E-state index >= 15 is 4.39 Å². The minimum Gasteiger partial charge on any atom is -0.383 e. The molecule has 3 heterocycles. The number of ether oxygens (including phenoxy) is 1. The zero-order chi connectivity index (χ0) is 26.5. The highest BCUT2D eigenvalue weighted by Gasteiger charge is 2.31. The number of nitrogen functional groups attached to an aromatic ring is 1. The molecular formula is C25H32F2N6O3S. The molecule has 12 heteroatoms. The molecule has 1 saturated heterocycles. The fourth-order valence-corrected chi connectivity index (χ4v) is 6.30. The molecule has 0 spiro atoms. The molecule has 0 unspecified atom stereocenters.